The predicted molar refractivity (Wildman–Crippen MR) is 156 cm³/mol. The van der Waals surface area contributed by atoms with Gasteiger partial charge in [-0.15, -0.1) is 0 Å². The molecule has 0 spiro atoms. The summed E-state index contributed by atoms with van der Waals surface area (Å²) in [6, 6.07) is 21.0. The van der Waals surface area contributed by atoms with Crippen LogP contribution in [0.15, 0.2) is 82.6 Å². The largest absolute Gasteiger partial charge is 2.00 e. The summed E-state index contributed by atoms with van der Waals surface area (Å²) in [7, 11) is -8.84. The van der Waals surface area contributed by atoms with Crippen LogP contribution < -0.4 is 0 Å². The third-order valence-corrected chi connectivity index (χ3v) is 8.28. The third-order valence-electron chi connectivity index (χ3n) is 6.49. The molecule has 0 aliphatic carbocycles. The quantitative estimate of drug-likeness (QED) is 0.116. The summed E-state index contributed by atoms with van der Waals surface area (Å²) in [6.07, 6.45) is 8.58. The van der Waals surface area contributed by atoms with E-state index in [0.29, 0.717) is 10.8 Å². The molecule has 0 bridgehead atoms. The number of hydrogen-bond donors (Lipinski definition) is 0. The van der Waals surface area contributed by atoms with Crippen molar-refractivity contribution in [3.8, 4) is 0 Å². The van der Waals surface area contributed by atoms with E-state index in [1.54, 1.807) is 12.1 Å². The number of unbranched alkanes of at least 4 members (excludes halogenated alkanes) is 4. The van der Waals surface area contributed by atoms with Gasteiger partial charge >= 0.3 is 37.7 Å². The second-order valence-electron chi connectivity index (χ2n) is 9.45. The molecule has 0 heterocycles. The van der Waals surface area contributed by atoms with E-state index >= 15 is 0 Å². The van der Waals surface area contributed by atoms with Crippen LogP contribution in [0.5, 0.6) is 0 Å². The van der Waals surface area contributed by atoms with E-state index in [1.807, 2.05) is 48.5 Å². The van der Waals surface area contributed by atoms with Crippen molar-refractivity contribution in [1.82, 2.24) is 0 Å². The van der Waals surface area contributed by atoms with Crippen LogP contribution in [0.3, 0.4) is 0 Å². The van der Waals surface area contributed by atoms with E-state index in [2.05, 4.69) is 13.8 Å². The summed E-state index contributed by atoms with van der Waals surface area (Å²) in [6.45, 7) is 4.28. The molecule has 4 rings (SSSR count). The Labute approximate surface area is 262 Å². The van der Waals surface area contributed by atoms with Gasteiger partial charge < -0.3 is 9.11 Å². The Hall–Kier alpha value is -1.52. The maximum absolute atomic E-state index is 11.3. The van der Waals surface area contributed by atoms with Crippen molar-refractivity contribution in [2.75, 3.05) is 0 Å². The van der Waals surface area contributed by atoms with E-state index in [0.717, 1.165) is 73.3 Å². The average molecular weight is 595 g/mol. The van der Waals surface area contributed by atoms with Crippen LogP contribution in [-0.4, -0.2) is 63.7 Å². The molecule has 0 fully saturated rings. The van der Waals surface area contributed by atoms with Crippen LogP contribution >= 0.6 is 0 Å². The summed E-state index contributed by atoms with van der Waals surface area (Å²) in [5, 5.41) is 2.64. The molecule has 6 nitrogen and oxygen atoms in total. The molecule has 0 aromatic heterocycles. The molecule has 4 aromatic rings. The Morgan fingerprint density at radius 3 is 1.28 bits per heavy atom. The van der Waals surface area contributed by atoms with Crippen LogP contribution in [-0.2, 0) is 33.1 Å². The Morgan fingerprint density at radius 2 is 0.949 bits per heavy atom. The van der Waals surface area contributed by atoms with Gasteiger partial charge in [0.25, 0.3) is 0 Å². The van der Waals surface area contributed by atoms with E-state index in [-0.39, 0.29) is 47.5 Å². The molecule has 0 saturated heterocycles. The fourth-order valence-corrected chi connectivity index (χ4v) is 5.87. The maximum Gasteiger partial charge on any atom is 2.00 e. The average Bonchev–Trinajstić information content (AvgIpc) is 2.87. The second kappa shape index (κ2) is 15.5. The van der Waals surface area contributed by atoms with Gasteiger partial charge in [0.05, 0.1) is 9.79 Å². The number of fused-ring (bicyclic) bond motifs is 2. The molecule has 0 N–H and O–H groups in total. The van der Waals surface area contributed by atoms with Crippen molar-refractivity contribution >= 4 is 79.5 Å². The first kappa shape index (κ1) is 33.7. The standard InChI is InChI=1S/2C15H18O3S.Ca/c2*1-2-3-4-6-12-9-10-13-7-5-8-15(14(13)11-12)19(16,17)18;/h2*5,7-11H,2-4,6H2,1H3,(H,16,17,18);/q;;+2/p-2. The third kappa shape index (κ3) is 9.81. The molecule has 204 valence electrons. The predicted octanol–water partition coefficient (Wildman–Crippen LogP) is 6.57. The Balaban J connectivity index is 0.000000267. The molecule has 0 unspecified atom stereocenters. The Kier molecular flexibility index (Phi) is 13.4. The Morgan fingerprint density at radius 1 is 0.564 bits per heavy atom. The fourth-order valence-electron chi connectivity index (χ4n) is 4.49. The summed E-state index contributed by atoms with van der Waals surface area (Å²) in [5.41, 5.74) is 2.16. The van der Waals surface area contributed by atoms with Gasteiger partial charge in [0.15, 0.2) is 0 Å². The van der Waals surface area contributed by atoms with Crippen LogP contribution in [0.2, 0.25) is 0 Å². The SMILES string of the molecule is CCCCCc1ccc2cccc(S(=O)(=O)[O-])c2c1.CCCCCc1ccc2cccc(S(=O)(=O)[O-])c2c1.[Ca+2]. The van der Waals surface area contributed by atoms with Crippen molar-refractivity contribution < 1.29 is 25.9 Å². The summed E-state index contributed by atoms with van der Waals surface area (Å²) < 4.78 is 67.6. The van der Waals surface area contributed by atoms with Crippen molar-refractivity contribution in [3.05, 3.63) is 83.9 Å². The van der Waals surface area contributed by atoms with Crippen molar-refractivity contribution in [1.29, 1.82) is 0 Å². The summed E-state index contributed by atoms with van der Waals surface area (Å²) >= 11 is 0. The van der Waals surface area contributed by atoms with Crippen LogP contribution in [0.25, 0.3) is 21.5 Å². The molecule has 0 atom stereocenters. The second-order valence-corrected chi connectivity index (χ2v) is 12.1. The molecule has 0 amide bonds. The van der Waals surface area contributed by atoms with Gasteiger partial charge in [0.2, 0.25) is 0 Å². The topological polar surface area (TPSA) is 114 Å². The first-order chi connectivity index (χ1) is 18.0. The number of hydrogen-bond acceptors (Lipinski definition) is 6. The van der Waals surface area contributed by atoms with Crippen molar-refractivity contribution in [3.63, 3.8) is 0 Å². The molecule has 4 aromatic carbocycles. The molecular weight excluding hydrogens is 561 g/mol. The molecule has 0 aliphatic heterocycles. The minimum atomic E-state index is -4.42. The normalized spacial score (nSPS) is 11.6. The zero-order valence-electron chi connectivity index (χ0n) is 22.6. The van der Waals surface area contributed by atoms with Gasteiger partial charge in [-0.1, -0.05) is 88.1 Å². The van der Waals surface area contributed by atoms with Crippen molar-refractivity contribution in [2.24, 2.45) is 0 Å². The number of aryl methyl sites for hydroxylation is 2. The van der Waals surface area contributed by atoms with Gasteiger partial charge in [0, 0.05) is 0 Å². The summed E-state index contributed by atoms with van der Waals surface area (Å²) in [4.78, 5) is -0.246. The minimum absolute atomic E-state index is 0. The van der Waals surface area contributed by atoms with Gasteiger partial charge in [-0.25, -0.2) is 16.8 Å². The minimum Gasteiger partial charge on any atom is -0.744 e. The van der Waals surface area contributed by atoms with Crippen LogP contribution in [0, 0.1) is 0 Å². The van der Waals surface area contributed by atoms with E-state index in [4.69, 9.17) is 0 Å². The smallest absolute Gasteiger partial charge is 0.744 e. The zero-order valence-corrected chi connectivity index (χ0v) is 26.4. The van der Waals surface area contributed by atoms with Gasteiger partial charge in [-0.3, -0.25) is 0 Å². The fraction of sp³-hybridized carbons (Fsp3) is 0.333. The molecule has 39 heavy (non-hydrogen) atoms. The summed E-state index contributed by atoms with van der Waals surface area (Å²) in [5.74, 6) is 0. The molecule has 9 heteroatoms. The van der Waals surface area contributed by atoms with Crippen LogP contribution in [0.4, 0.5) is 0 Å². The molecular formula is C30H34CaO6S2. The molecule has 0 aliphatic rings. The van der Waals surface area contributed by atoms with Gasteiger partial charge in [-0.05, 0) is 82.6 Å². The number of rotatable bonds is 10. The first-order valence-corrected chi connectivity index (χ1v) is 15.8. The zero-order chi connectivity index (χ0) is 27.8. The van der Waals surface area contributed by atoms with E-state index in [9.17, 15) is 25.9 Å². The van der Waals surface area contributed by atoms with Crippen molar-refractivity contribution in [2.45, 2.75) is 75.0 Å². The monoisotopic (exact) mass is 594 g/mol. The maximum atomic E-state index is 11.3. The Bertz CT molecular complexity index is 1480. The first-order valence-electron chi connectivity index (χ1n) is 13.0. The van der Waals surface area contributed by atoms with E-state index < -0.39 is 20.2 Å². The van der Waals surface area contributed by atoms with Gasteiger partial charge in [0.1, 0.15) is 20.2 Å². The molecule has 0 radical (unpaired) electrons. The van der Waals surface area contributed by atoms with Crippen LogP contribution in [0.1, 0.15) is 63.5 Å². The number of benzene rings is 4. The van der Waals surface area contributed by atoms with Gasteiger partial charge in [-0.2, -0.15) is 0 Å². The molecule has 0 saturated carbocycles. The van der Waals surface area contributed by atoms with E-state index in [1.165, 1.54) is 12.1 Å².